The number of hydrogen-bond acceptors (Lipinski definition) is 4. The normalized spacial score (nSPS) is 17.2. The molecule has 0 saturated carbocycles. The molecule has 1 aliphatic carbocycles. The van der Waals surface area contributed by atoms with Crippen LogP contribution in [0, 0.1) is 5.92 Å². The van der Waals surface area contributed by atoms with Crippen LogP contribution < -0.4 is 5.32 Å². The largest absolute Gasteiger partial charge is 0.462 e. The van der Waals surface area contributed by atoms with Crippen LogP contribution in [-0.4, -0.2) is 18.5 Å². The Hall–Kier alpha value is -1.36. The Morgan fingerprint density at radius 2 is 2.14 bits per heavy atom. The van der Waals surface area contributed by atoms with Gasteiger partial charge in [-0.3, -0.25) is 4.79 Å². The summed E-state index contributed by atoms with van der Waals surface area (Å²) in [5.74, 6) is 0.288. The van der Waals surface area contributed by atoms with Crippen molar-refractivity contribution in [3.63, 3.8) is 0 Å². The molecule has 0 unspecified atom stereocenters. The fourth-order valence-corrected chi connectivity index (χ4v) is 4.09. The third-order valence-corrected chi connectivity index (χ3v) is 4.89. The third-order valence-electron chi connectivity index (χ3n) is 3.72. The average Bonchev–Trinajstić information content (AvgIpc) is 2.75. The maximum atomic E-state index is 12.3. The molecule has 0 bridgehead atoms. The zero-order valence-electron chi connectivity index (χ0n) is 13.0. The van der Waals surface area contributed by atoms with E-state index in [-0.39, 0.29) is 11.9 Å². The Morgan fingerprint density at radius 1 is 1.38 bits per heavy atom. The summed E-state index contributed by atoms with van der Waals surface area (Å²) in [6, 6.07) is 0. The first-order chi connectivity index (χ1) is 10.1. The van der Waals surface area contributed by atoms with E-state index in [9.17, 15) is 9.59 Å². The number of fused-ring (bicyclic) bond motifs is 1. The molecule has 116 valence electrons. The number of ether oxygens (including phenoxy) is 1. The number of amides is 1. The van der Waals surface area contributed by atoms with E-state index in [0.717, 1.165) is 31.2 Å². The topological polar surface area (TPSA) is 55.4 Å². The number of thiophene rings is 1. The monoisotopic (exact) mass is 309 g/mol. The second-order valence-electron chi connectivity index (χ2n) is 5.57. The van der Waals surface area contributed by atoms with Gasteiger partial charge in [-0.15, -0.1) is 11.3 Å². The molecule has 1 N–H and O–H groups in total. The Labute approximate surface area is 129 Å². The van der Waals surface area contributed by atoms with Crippen molar-refractivity contribution >= 4 is 28.2 Å². The van der Waals surface area contributed by atoms with Gasteiger partial charge in [0.05, 0.1) is 12.2 Å². The van der Waals surface area contributed by atoms with Gasteiger partial charge in [0, 0.05) is 11.3 Å². The van der Waals surface area contributed by atoms with Gasteiger partial charge in [-0.25, -0.2) is 4.79 Å². The molecular formula is C16H23NO3S. The fourth-order valence-electron chi connectivity index (χ4n) is 2.67. The lowest BCUT2D eigenvalue weighted by molar-refractivity contribution is -0.116. The molecule has 0 spiro atoms. The van der Waals surface area contributed by atoms with Crippen LogP contribution in [-0.2, 0) is 22.4 Å². The summed E-state index contributed by atoms with van der Waals surface area (Å²) < 4.78 is 5.18. The standard InChI is InChI=1S/C16H23NO3S/c1-4-6-13(18)17-15-14(16(19)20-5-2)11-8-7-10(3)9-12(11)21-15/h10H,4-9H2,1-3H3,(H,17,18)/t10-/m0/s1. The van der Waals surface area contributed by atoms with Crippen molar-refractivity contribution in [3.8, 4) is 0 Å². The summed E-state index contributed by atoms with van der Waals surface area (Å²) in [4.78, 5) is 25.3. The summed E-state index contributed by atoms with van der Waals surface area (Å²) in [5, 5.41) is 3.57. The summed E-state index contributed by atoms with van der Waals surface area (Å²) >= 11 is 1.54. The lowest BCUT2D eigenvalue weighted by atomic mass is 9.88. The van der Waals surface area contributed by atoms with E-state index in [2.05, 4.69) is 12.2 Å². The molecule has 1 aromatic rings. The molecule has 0 fully saturated rings. The highest BCUT2D eigenvalue weighted by molar-refractivity contribution is 7.17. The molecule has 1 atom stereocenters. The molecule has 1 amide bonds. The van der Waals surface area contributed by atoms with Gasteiger partial charge in [0.25, 0.3) is 0 Å². The maximum absolute atomic E-state index is 12.3. The third kappa shape index (κ3) is 3.64. The molecular weight excluding hydrogens is 286 g/mol. The minimum Gasteiger partial charge on any atom is -0.462 e. The number of esters is 1. The van der Waals surface area contributed by atoms with Gasteiger partial charge in [0.2, 0.25) is 5.91 Å². The first-order valence-electron chi connectivity index (χ1n) is 7.68. The lowest BCUT2D eigenvalue weighted by Gasteiger charge is -2.18. The Balaban J connectivity index is 2.33. The predicted octanol–water partition coefficient (Wildman–Crippen LogP) is 3.79. The molecule has 0 aromatic carbocycles. The van der Waals surface area contributed by atoms with E-state index in [1.807, 2.05) is 6.92 Å². The molecule has 1 aliphatic rings. The van der Waals surface area contributed by atoms with Crippen molar-refractivity contribution in [2.75, 3.05) is 11.9 Å². The molecule has 1 heterocycles. The summed E-state index contributed by atoms with van der Waals surface area (Å²) in [5.41, 5.74) is 1.68. The molecule has 0 radical (unpaired) electrons. The van der Waals surface area contributed by atoms with Crippen molar-refractivity contribution in [2.24, 2.45) is 5.92 Å². The Bertz CT molecular complexity index is 536. The van der Waals surface area contributed by atoms with E-state index < -0.39 is 0 Å². The van der Waals surface area contributed by atoms with Crippen LogP contribution in [0.2, 0.25) is 0 Å². The van der Waals surface area contributed by atoms with Gasteiger partial charge in [0.1, 0.15) is 5.00 Å². The van der Waals surface area contributed by atoms with Crippen LogP contribution in [0.1, 0.15) is 60.8 Å². The van der Waals surface area contributed by atoms with Gasteiger partial charge >= 0.3 is 5.97 Å². The number of carbonyl (C=O) groups is 2. The van der Waals surface area contributed by atoms with Gasteiger partial charge in [0.15, 0.2) is 0 Å². The number of carbonyl (C=O) groups excluding carboxylic acids is 2. The minimum atomic E-state index is -0.309. The molecule has 21 heavy (non-hydrogen) atoms. The van der Waals surface area contributed by atoms with Crippen molar-refractivity contribution in [1.82, 2.24) is 0 Å². The van der Waals surface area contributed by atoms with E-state index in [1.54, 1.807) is 18.3 Å². The first-order valence-corrected chi connectivity index (χ1v) is 8.49. The van der Waals surface area contributed by atoms with E-state index >= 15 is 0 Å². The van der Waals surface area contributed by atoms with Crippen molar-refractivity contribution in [2.45, 2.75) is 52.9 Å². The number of hydrogen-bond donors (Lipinski definition) is 1. The van der Waals surface area contributed by atoms with Crippen molar-refractivity contribution < 1.29 is 14.3 Å². The molecule has 0 aliphatic heterocycles. The molecule has 0 saturated heterocycles. The van der Waals surface area contributed by atoms with Crippen LogP contribution in [0.25, 0.3) is 0 Å². The van der Waals surface area contributed by atoms with E-state index in [1.165, 1.54) is 4.88 Å². The zero-order valence-corrected chi connectivity index (χ0v) is 13.8. The van der Waals surface area contributed by atoms with Crippen LogP contribution in [0.15, 0.2) is 0 Å². The lowest BCUT2D eigenvalue weighted by Crippen LogP contribution is -2.16. The SMILES string of the molecule is CCCC(=O)Nc1sc2c(c1C(=O)OCC)CC[C@H](C)C2. The Morgan fingerprint density at radius 3 is 2.81 bits per heavy atom. The molecule has 1 aromatic heterocycles. The van der Waals surface area contributed by atoms with Crippen LogP contribution >= 0.6 is 11.3 Å². The summed E-state index contributed by atoms with van der Waals surface area (Å²) in [7, 11) is 0. The number of anilines is 1. The van der Waals surface area contributed by atoms with Gasteiger partial charge in [-0.1, -0.05) is 13.8 Å². The van der Waals surface area contributed by atoms with Crippen molar-refractivity contribution in [1.29, 1.82) is 0 Å². The second-order valence-corrected chi connectivity index (χ2v) is 6.68. The molecule has 4 nitrogen and oxygen atoms in total. The van der Waals surface area contributed by atoms with Gasteiger partial charge in [-0.2, -0.15) is 0 Å². The smallest absolute Gasteiger partial charge is 0.341 e. The summed E-state index contributed by atoms with van der Waals surface area (Å²) in [6.07, 6.45) is 4.23. The molecule has 2 rings (SSSR count). The van der Waals surface area contributed by atoms with E-state index in [0.29, 0.717) is 29.5 Å². The number of nitrogens with one attached hydrogen (secondary N) is 1. The molecule has 5 heteroatoms. The van der Waals surface area contributed by atoms with Crippen LogP contribution in [0.4, 0.5) is 5.00 Å². The predicted molar refractivity (Wildman–Crippen MR) is 85.0 cm³/mol. The van der Waals surface area contributed by atoms with Gasteiger partial charge < -0.3 is 10.1 Å². The average molecular weight is 309 g/mol. The highest BCUT2D eigenvalue weighted by atomic mass is 32.1. The summed E-state index contributed by atoms with van der Waals surface area (Å²) in [6.45, 7) is 6.34. The quantitative estimate of drug-likeness (QED) is 0.842. The minimum absolute atomic E-state index is 0.0327. The van der Waals surface area contributed by atoms with Gasteiger partial charge in [-0.05, 0) is 44.1 Å². The fraction of sp³-hybridized carbons (Fsp3) is 0.625. The second kappa shape index (κ2) is 7.07. The highest BCUT2D eigenvalue weighted by Crippen LogP contribution is 2.40. The van der Waals surface area contributed by atoms with Crippen LogP contribution in [0.5, 0.6) is 0 Å². The highest BCUT2D eigenvalue weighted by Gasteiger charge is 2.28. The van der Waals surface area contributed by atoms with E-state index in [4.69, 9.17) is 4.74 Å². The van der Waals surface area contributed by atoms with Crippen LogP contribution in [0.3, 0.4) is 0 Å². The maximum Gasteiger partial charge on any atom is 0.341 e. The zero-order chi connectivity index (χ0) is 15.4. The first kappa shape index (κ1) is 16.0. The number of rotatable bonds is 5. The van der Waals surface area contributed by atoms with Crippen molar-refractivity contribution in [3.05, 3.63) is 16.0 Å². The Kier molecular flexibility index (Phi) is 5.39.